The largest absolute Gasteiger partial charge is 0.471 e. The molecule has 1 aromatic rings. The summed E-state index contributed by atoms with van der Waals surface area (Å²) >= 11 is 0. The molecular formula is C14H19N3O2. The summed E-state index contributed by atoms with van der Waals surface area (Å²) in [5.41, 5.74) is 0.875. The zero-order chi connectivity index (χ0) is 13.2. The van der Waals surface area contributed by atoms with Crippen LogP contribution >= 0.6 is 0 Å². The van der Waals surface area contributed by atoms with Crippen molar-refractivity contribution in [1.82, 2.24) is 15.1 Å². The third-order valence-corrected chi connectivity index (χ3v) is 3.72. The van der Waals surface area contributed by atoms with Crippen molar-refractivity contribution in [3.63, 3.8) is 0 Å². The minimum atomic E-state index is 0.0557. The van der Waals surface area contributed by atoms with Crippen LogP contribution in [0.4, 0.5) is 0 Å². The van der Waals surface area contributed by atoms with Crippen LogP contribution < -0.4 is 4.74 Å². The summed E-state index contributed by atoms with van der Waals surface area (Å²) in [6.45, 7) is 3.38. The lowest BCUT2D eigenvalue weighted by Gasteiger charge is -2.16. The second-order valence-corrected chi connectivity index (χ2v) is 5.53. The van der Waals surface area contributed by atoms with E-state index in [0.29, 0.717) is 18.3 Å². The quantitative estimate of drug-likeness (QED) is 0.825. The SMILES string of the molecule is Cc1ccc(OC2CCN(C(=O)CC3CC3)C2)nn1. The molecule has 1 aliphatic heterocycles. The summed E-state index contributed by atoms with van der Waals surface area (Å²) in [5, 5.41) is 7.96. The average Bonchev–Trinajstić information content (AvgIpc) is 3.08. The maximum absolute atomic E-state index is 12.0. The first-order valence-electron chi connectivity index (χ1n) is 6.95. The van der Waals surface area contributed by atoms with Gasteiger partial charge in [0, 0.05) is 25.5 Å². The number of hydrogen-bond acceptors (Lipinski definition) is 4. The number of nitrogens with zero attached hydrogens (tertiary/aromatic N) is 3. The van der Waals surface area contributed by atoms with Gasteiger partial charge in [0.05, 0.1) is 12.2 Å². The molecular weight excluding hydrogens is 242 g/mol. The van der Waals surface area contributed by atoms with Gasteiger partial charge in [0.2, 0.25) is 11.8 Å². The molecule has 1 saturated carbocycles. The normalized spacial score (nSPS) is 22.6. The van der Waals surface area contributed by atoms with Gasteiger partial charge in [0.15, 0.2) is 0 Å². The topological polar surface area (TPSA) is 55.3 Å². The van der Waals surface area contributed by atoms with E-state index in [0.717, 1.165) is 25.1 Å². The van der Waals surface area contributed by atoms with Crippen LogP contribution in [0.25, 0.3) is 0 Å². The van der Waals surface area contributed by atoms with Gasteiger partial charge in [-0.15, -0.1) is 5.10 Å². The number of aryl methyl sites for hydroxylation is 1. The number of amides is 1. The fraction of sp³-hybridized carbons (Fsp3) is 0.643. The first kappa shape index (κ1) is 12.4. The molecule has 3 rings (SSSR count). The van der Waals surface area contributed by atoms with Crippen LogP contribution in [0, 0.1) is 12.8 Å². The summed E-state index contributed by atoms with van der Waals surface area (Å²) in [6, 6.07) is 3.71. The molecule has 2 fully saturated rings. The van der Waals surface area contributed by atoms with Gasteiger partial charge < -0.3 is 9.64 Å². The minimum absolute atomic E-state index is 0.0557. The van der Waals surface area contributed by atoms with Crippen molar-refractivity contribution < 1.29 is 9.53 Å². The van der Waals surface area contributed by atoms with E-state index in [1.807, 2.05) is 24.0 Å². The molecule has 1 saturated heterocycles. The van der Waals surface area contributed by atoms with Crippen LogP contribution in [-0.2, 0) is 4.79 Å². The Balaban J connectivity index is 1.50. The van der Waals surface area contributed by atoms with E-state index in [1.165, 1.54) is 12.8 Å². The Labute approximate surface area is 113 Å². The molecule has 0 aromatic carbocycles. The van der Waals surface area contributed by atoms with Crippen molar-refractivity contribution in [2.45, 2.75) is 38.7 Å². The monoisotopic (exact) mass is 261 g/mol. The zero-order valence-corrected chi connectivity index (χ0v) is 11.2. The van der Waals surface area contributed by atoms with Gasteiger partial charge in [0.25, 0.3) is 0 Å². The third kappa shape index (κ3) is 3.22. The Bertz CT molecular complexity index is 456. The van der Waals surface area contributed by atoms with E-state index in [2.05, 4.69) is 10.2 Å². The molecule has 2 aliphatic rings. The van der Waals surface area contributed by atoms with E-state index >= 15 is 0 Å². The number of ether oxygens (including phenoxy) is 1. The lowest BCUT2D eigenvalue weighted by molar-refractivity contribution is -0.130. The highest BCUT2D eigenvalue weighted by Gasteiger charge is 2.31. The molecule has 0 N–H and O–H groups in total. The molecule has 0 spiro atoms. The predicted octanol–water partition coefficient (Wildman–Crippen LogP) is 1.56. The van der Waals surface area contributed by atoms with Crippen LogP contribution in [0.5, 0.6) is 5.88 Å². The number of rotatable bonds is 4. The highest BCUT2D eigenvalue weighted by atomic mass is 16.5. The molecule has 1 unspecified atom stereocenters. The molecule has 0 bridgehead atoms. The minimum Gasteiger partial charge on any atom is -0.471 e. The fourth-order valence-corrected chi connectivity index (χ4v) is 2.37. The second-order valence-electron chi connectivity index (χ2n) is 5.53. The summed E-state index contributed by atoms with van der Waals surface area (Å²) in [7, 11) is 0. The first-order chi connectivity index (χ1) is 9.20. The van der Waals surface area contributed by atoms with Crippen LogP contribution in [0.3, 0.4) is 0 Å². The molecule has 1 amide bonds. The number of aromatic nitrogens is 2. The van der Waals surface area contributed by atoms with Gasteiger partial charge in [0.1, 0.15) is 6.10 Å². The molecule has 1 aromatic heterocycles. The maximum Gasteiger partial charge on any atom is 0.233 e. The van der Waals surface area contributed by atoms with Gasteiger partial charge in [-0.2, -0.15) is 5.10 Å². The van der Waals surface area contributed by atoms with Crippen molar-refractivity contribution >= 4 is 5.91 Å². The molecule has 0 radical (unpaired) electrons. The Morgan fingerprint density at radius 1 is 1.37 bits per heavy atom. The molecule has 1 atom stereocenters. The van der Waals surface area contributed by atoms with Crippen molar-refractivity contribution in [2.24, 2.45) is 5.92 Å². The van der Waals surface area contributed by atoms with Gasteiger partial charge >= 0.3 is 0 Å². The maximum atomic E-state index is 12.0. The predicted molar refractivity (Wildman–Crippen MR) is 69.7 cm³/mol. The zero-order valence-electron chi connectivity index (χ0n) is 11.2. The van der Waals surface area contributed by atoms with E-state index in [1.54, 1.807) is 0 Å². The third-order valence-electron chi connectivity index (χ3n) is 3.72. The Kier molecular flexibility index (Phi) is 3.36. The van der Waals surface area contributed by atoms with Crippen LogP contribution in [-0.4, -0.2) is 40.2 Å². The van der Waals surface area contributed by atoms with Gasteiger partial charge in [-0.1, -0.05) is 0 Å². The Morgan fingerprint density at radius 2 is 2.21 bits per heavy atom. The smallest absolute Gasteiger partial charge is 0.233 e. The lowest BCUT2D eigenvalue weighted by Crippen LogP contribution is -2.31. The summed E-state index contributed by atoms with van der Waals surface area (Å²) in [4.78, 5) is 13.9. The highest BCUT2D eigenvalue weighted by Crippen LogP contribution is 2.33. The molecule has 5 heteroatoms. The fourth-order valence-electron chi connectivity index (χ4n) is 2.37. The van der Waals surface area contributed by atoms with E-state index in [9.17, 15) is 4.79 Å². The van der Waals surface area contributed by atoms with Gasteiger partial charge in [-0.25, -0.2) is 0 Å². The first-order valence-corrected chi connectivity index (χ1v) is 6.95. The second kappa shape index (κ2) is 5.15. The summed E-state index contributed by atoms with van der Waals surface area (Å²) in [5.74, 6) is 1.48. The van der Waals surface area contributed by atoms with E-state index < -0.39 is 0 Å². The summed E-state index contributed by atoms with van der Waals surface area (Å²) < 4.78 is 5.76. The molecule has 5 nitrogen and oxygen atoms in total. The van der Waals surface area contributed by atoms with Gasteiger partial charge in [-0.05, 0) is 31.7 Å². The number of carbonyl (C=O) groups excluding carboxylic acids is 1. The Morgan fingerprint density at radius 3 is 2.89 bits per heavy atom. The Hall–Kier alpha value is -1.65. The number of carbonyl (C=O) groups is 1. The number of likely N-dealkylation sites (tertiary alicyclic amines) is 1. The molecule has 2 heterocycles. The molecule has 1 aliphatic carbocycles. The molecule has 19 heavy (non-hydrogen) atoms. The van der Waals surface area contributed by atoms with Crippen molar-refractivity contribution in [2.75, 3.05) is 13.1 Å². The van der Waals surface area contributed by atoms with Crippen molar-refractivity contribution in [3.05, 3.63) is 17.8 Å². The molecule has 102 valence electrons. The van der Waals surface area contributed by atoms with E-state index in [4.69, 9.17) is 4.74 Å². The van der Waals surface area contributed by atoms with Crippen LogP contribution in [0.15, 0.2) is 12.1 Å². The van der Waals surface area contributed by atoms with Crippen molar-refractivity contribution in [1.29, 1.82) is 0 Å². The average molecular weight is 261 g/mol. The highest BCUT2D eigenvalue weighted by molar-refractivity contribution is 5.77. The number of hydrogen-bond donors (Lipinski definition) is 0. The standard InChI is InChI=1S/C14H19N3O2/c1-10-2-5-13(16-15-10)19-12-6-7-17(9-12)14(18)8-11-3-4-11/h2,5,11-12H,3-4,6-9H2,1H3. The van der Waals surface area contributed by atoms with E-state index in [-0.39, 0.29) is 12.0 Å². The van der Waals surface area contributed by atoms with Crippen molar-refractivity contribution in [3.8, 4) is 5.88 Å². The van der Waals surface area contributed by atoms with Crippen LogP contribution in [0.1, 0.15) is 31.4 Å². The summed E-state index contributed by atoms with van der Waals surface area (Å²) in [6.07, 6.45) is 4.10. The lowest BCUT2D eigenvalue weighted by atomic mass is 10.2. The van der Waals surface area contributed by atoms with Gasteiger partial charge in [-0.3, -0.25) is 4.79 Å². The van der Waals surface area contributed by atoms with Crippen LogP contribution in [0.2, 0.25) is 0 Å².